The van der Waals surface area contributed by atoms with E-state index in [1.165, 1.54) is 13.1 Å². The van der Waals surface area contributed by atoms with Gasteiger partial charge < -0.3 is 9.84 Å². The number of nitrogens with one attached hydrogen (secondary N) is 1. The SMILES string of the molecule is Cc1ccc(C(=O)NCc2nc(-c3ccccc3)no2)cc1N(C)S(C)(=O)=O. The Bertz CT molecular complexity index is 1090. The smallest absolute Gasteiger partial charge is 0.251 e. The summed E-state index contributed by atoms with van der Waals surface area (Å²) in [7, 11) is -1.98. The number of carbonyl (C=O) groups excluding carboxylic acids is 1. The van der Waals surface area contributed by atoms with Crippen molar-refractivity contribution in [1.29, 1.82) is 0 Å². The van der Waals surface area contributed by atoms with Crippen LogP contribution < -0.4 is 9.62 Å². The van der Waals surface area contributed by atoms with E-state index in [4.69, 9.17) is 4.52 Å². The Balaban J connectivity index is 1.71. The van der Waals surface area contributed by atoms with E-state index >= 15 is 0 Å². The Labute approximate surface area is 163 Å². The van der Waals surface area contributed by atoms with E-state index in [1.807, 2.05) is 30.3 Å². The van der Waals surface area contributed by atoms with Gasteiger partial charge in [0, 0.05) is 18.2 Å². The fraction of sp³-hybridized carbons (Fsp3) is 0.211. The molecule has 0 radical (unpaired) electrons. The summed E-state index contributed by atoms with van der Waals surface area (Å²) < 4.78 is 29.9. The number of hydrogen-bond donors (Lipinski definition) is 1. The largest absolute Gasteiger partial charge is 0.343 e. The number of aromatic nitrogens is 2. The normalized spacial score (nSPS) is 11.2. The number of benzene rings is 2. The molecule has 0 atom stereocenters. The number of sulfonamides is 1. The molecule has 0 unspecified atom stereocenters. The van der Waals surface area contributed by atoms with Crippen molar-refractivity contribution in [3.8, 4) is 11.4 Å². The molecule has 3 aromatic rings. The molecule has 0 aliphatic rings. The average Bonchev–Trinajstić information content (AvgIpc) is 3.15. The molecule has 0 aliphatic heterocycles. The molecule has 2 aromatic carbocycles. The molecular formula is C19H20N4O4S. The van der Waals surface area contributed by atoms with Crippen molar-refractivity contribution in [2.24, 2.45) is 0 Å². The van der Waals surface area contributed by atoms with Gasteiger partial charge in [-0.1, -0.05) is 41.6 Å². The number of anilines is 1. The second kappa shape index (κ2) is 7.81. The summed E-state index contributed by atoms with van der Waals surface area (Å²) in [4.78, 5) is 16.7. The lowest BCUT2D eigenvalue weighted by Crippen LogP contribution is -2.27. The van der Waals surface area contributed by atoms with Gasteiger partial charge in [-0.05, 0) is 24.6 Å². The Hall–Kier alpha value is -3.20. The first-order valence-electron chi connectivity index (χ1n) is 8.46. The van der Waals surface area contributed by atoms with Crippen molar-refractivity contribution in [3.05, 3.63) is 65.5 Å². The van der Waals surface area contributed by atoms with E-state index in [0.29, 0.717) is 17.1 Å². The van der Waals surface area contributed by atoms with Gasteiger partial charge in [0.2, 0.25) is 21.7 Å². The maximum Gasteiger partial charge on any atom is 0.251 e. The van der Waals surface area contributed by atoms with Gasteiger partial charge in [0.05, 0.1) is 18.5 Å². The van der Waals surface area contributed by atoms with E-state index in [-0.39, 0.29) is 18.3 Å². The molecule has 1 amide bonds. The second-order valence-corrected chi connectivity index (χ2v) is 8.31. The summed E-state index contributed by atoms with van der Waals surface area (Å²) in [6.45, 7) is 1.84. The van der Waals surface area contributed by atoms with E-state index < -0.39 is 10.0 Å². The molecule has 1 aromatic heterocycles. The third-order valence-corrected chi connectivity index (χ3v) is 5.40. The molecule has 0 bridgehead atoms. The van der Waals surface area contributed by atoms with Crippen LogP contribution in [0.15, 0.2) is 53.1 Å². The van der Waals surface area contributed by atoms with E-state index in [9.17, 15) is 13.2 Å². The van der Waals surface area contributed by atoms with E-state index in [0.717, 1.165) is 21.7 Å². The Morgan fingerprint density at radius 3 is 2.57 bits per heavy atom. The fourth-order valence-electron chi connectivity index (χ4n) is 2.56. The highest BCUT2D eigenvalue weighted by Gasteiger charge is 2.17. The van der Waals surface area contributed by atoms with Crippen molar-refractivity contribution < 1.29 is 17.7 Å². The standard InChI is InChI=1S/C19H20N4O4S/c1-13-9-10-15(11-16(13)23(2)28(3,25)26)19(24)20-12-17-21-18(22-27-17)14-7-5-4-6-8-14/h4-11H,12H2,1-3H3,(H,20,24). The van der Waals surface area contributed by atoms with Gasteiger partial charge in [-0.25, -0.2) is 8.42 Å². The predicted octanol–water partition coefficient (Wildman–Crippen LogP) is 2.37. The van der Waals surface area contributed by atoms with Gasteiger partial charge in [-0.2, -0.15) is 4.98 Å². The predicted molar refractivity (Wildman–Crippen MR) is 105 cm³/mol. The van der Waals surface area contributed by atoms with E-state index in [1.54, 1.807) is 19.1 Å². The Morgan fingerprint density at radius 2 is 1.89 bits per heavy atom. The lowest BCUT2D eigenvalue weighted by atomic mass is 10.1. The fourth-order valence-corrected chi connectivity index (χ4v) is 3.11. The maximum absolute atomic E-state index is 12.5. The highest BCUT2D eigenvalue weighted by molar-refractivity contribution is 7.92. The molecule has 0 saturated carbocycles. The van der Waals surface area contributed by atoms with Crippen LogP contribution >= 0.6 is 0 Å². The van der Waals surface area contributed by atoms with E-state index in [2.05, 4.69) is 15.5 Å². The third kappa shape index (κ3) is 4.37. The minimum Gasteiger partial charge on any atom is -0.343 e. The number of rotatable bonds is 6. The molecular weight excluding hydrogens is 380 g/mol. The molecule has 0 fully saturated rings. The van der Waals surface area contributed by atoms with Gasteiger partial charge in [-0.15, -0.1) is 0 Å². The van der Waals surface area contributed by atoms with Gasteiger partial charge in [0.1, 0.15) is 0 Å². The number of nitrogens with zero attached hydrogens (tertiary/aromatic N) is 3. The van der Waals surface area contributed by atoms with Crippen LogP contribution in [0.4, 0.5) is 5.69 Å². The van der Waals surface area contributed by atoms with Crippen LogP contribution in [0.1, 0.15) is 21.8 Å². The van der Waals surface area contributed by atoms with Crippen molar-refractivity contribution in [2.75, 3.05) is 17.6 Å². The number of amides is 1. The lowest BCUT2D eigenvalue weighted by molar-refractivity contribution is 0.0946. The molecule has 0 aliphatic carbocycles. The van der Waals surface area contributed by atoms with Crippen molar-refractivity contribution in [3.63, 3.8) is 0 Å². The maximum atomic E-state index is 12.5. The quantitative estimate of drug-likeness (QED) is 0.681. The Kier molecular flexibility index (Phi) is 5.46. The summed E-state index contributed by atoms with van der Waals surface area (Å²) in [5, 5.41) is 6.60. The summed E-state index contributed by atoms with van der Waals surface area (Å²) >= 11 is 0. The molecule has 0 spiro atoms. The van der Waals surface area contributed by atoms with Gasteiger partial charge >= 0.3 is 0 Å². The first-order valence-corrected chi connectivity index (χ1v) is 10.3. The molecule has 3 rings (SSSR count). The lowest BCUT2D eigenvalue weighted by Gasteiger charge is -2.19. The van der Waals surface area contributed by atoms with Crippen LogP contribution in [0.25, 0.3) is 11.4 Å². The topological polar surface area (TPSA) is 105 Å². The third-order valence-electron chi connectivity index (χ3n) is 4.21. The van der Waals surface area contributed by atoms with Crippen LogP contribution in [-0.2, 0) is 16.6 Å². The zero-order chi connectivity index (χ0) is 20.3. The Morgan fingerprint density at radius 1 is 1.18 bits per heavy atom. The minimum atomic E-state index is -3.43. The second-order valence-electron chi connectivity index (χ2n) is 6.29. The summed E-state index contributed by atoms with van der Waals surface area (Å²) in [5.74, 6) is 0.340. The number of hydrogen-bond acceptors (Lipinski definition) is 6. The zero-order valence-corrected chi connectivity index (χ0v) is 16.5. The van der Waals surface area contributed by atoms with Crippen LogP contribution in [0.3, 0.4) is 0 Å². The number of carbonyl (C=O) groups is 1. The van der Waals surface area contributed by atoms with Crippen molar-refractivity contribution in [2.45, 2.75) is 13.5 Å². The first-order chi connectivity index (χ1) is 13.3. The highest BCUT2D eigenvalue weighted by Crippen LogP contribution is 2.22. The molecule has 28 heavy (non-hydrogen) atoms. The summed E-state index contributed by atoms with van der Waals surface area (Å²) in [6.07, 6.45) is 1.11. The van der Waals surface area contributed by atoms with Crippen molar-refractivity contribution >= 4 is 21.6 Å². The zero-order valence-electron chi connectivity index (χ0n) is 15.7. The van der Waals surface area contributed by atoms with Crippen LogP contribution in [-0.4, -0.2) is 37.8 Å². The molecule has 9 heteroatoms. The molecule has 1 heterocycles. The minimum absolute atomic E-state index is 0.0593. The van der Waals surface area contributed by atoms with Crippen LogP contribution in [0.5, 0.6) is 0 Å². The monoisotopic (exact) mass is 400 g/mol. The first kappa shape index (κ1) is 19.6. The van der Waals surface area contributed by atoms with Gasteiger partial charge in [0.15, 0.2) is 0 Å². The molecule has 1 N–H and O–H groups in total. The highest BCUT2D eigenvalue weighted by atomic mass is 32.2. The molecule has 146 valence electrons. The van der Waals surface area contributed by atoms with Gasteiger partial charge in [-0.3, -0.25) is 9.10 Å². The van der Waals surface area contributed by atoms with Crippen molar-refractivity contribution in [1.82, 2.24) is 15.5 Å². The van der Waals surface area contributed by atoms with Crippen LogP contribution in [0, 0.1) is 6.92 Å². The molecule has 0 saturated heterocycles. The summed E-state index contributed by atoms with van der Waals surface area (Å²) in [6, 6.07) is 14.2. The summed E-state index contributed by atoms with van der Waals surface area (Å²) in [5.41, 5.74) is 2.34. The van der Waals surface area contributed by atoms with Gasteiger partial charge in [0.25, 0.3) is 5.91 Å². The average molecular weight is 400 g/mol. The van der Waals surface area contributed by atoms with Crippen LogP contribution in [0.2, 0.25) is 0 Å². The molecule has 8 nitrogen and oxygen atoms in total. The number of aryl methyl sites for hydroxylation is 1.